The van der Waals surface area contributed by atoms with Gasteiger partial charge in [-0.15, -0.1) is 5.10 Å². The number of amides is 2. The summed E-state index contributed by atoms with van der Waals surface area (Å²) >= 11 is 0. The molecule has 0 aliphatic carbocycles. The van der Waals surface area contributed by atoms with E-state index in [1.54, 1.807) is 31.4 Å². The van der Waals surface area contributed by atoms with Crippen LogP contribution < -0.4 is 10.1 Å². The summed E-state index contributed by atoms with van der Waals surface area (Å²) in [6.07, 6.45) is 0.791. The fourth-order valence-corrected chi connectivity index (χ4v) is 4.20. The first-order valence-electron chi connectivity index (χ1n) is 12.6. The number of carbonyl (C=O) groups excluding carboxylic acids is 2. The van der Waals surface area contributed by atoms with Gasteiger partial charge in [-0.05, 0) is 59.9 Å². The minimum absolute atomic E-state index is 0.117. The summed E-state index contributed by atoms with van der Waals surface area (Å²) in [6.45, 7) is 4.65. The van der Waals surface area contributed by atoms with Gasteiger partial charge >= 0.3 is 0 Å². The molecule has 2 amide bonds. The highest BCUT2D eigenvalue weighted by molar-refractivity contribution is 5.89. The Kier molecular flexibility index (Phi) is 8.68. The van der Waals surface area contributed by atoms with Crippen LogP contribution in [0, 0.1) is 11.7 Å². The molecule has 0 aliphatic rings. The molecule has 8 nitrogen and oxygen atoms in total. The Morgan fingerprint density at radius 3 is 2.42 bits per heavy atom. The van der Waals surface area contributed by atoms with E-state index < -0.39 is 11.9 Å². The summed E-state index contributed by atoms with van der Waals surface area (Å²) in [7, 11) is 1.58. The predicted molar refractivity (Wildman–Crippen MR) is 143 cm³/mol. The lowest BCUT2D eigenvalue weighted by molar-refractivity contribution is -0.142. The summed E-state index contributed by atoms with van der Waals surface area (Å²) in [5.74, 6) is 0.00151. The first kappa shape index (κ1) is 26.8. The highest BCUT2D eigenvalue weighted by atomic mass is 19.1. The number of hydrogen-bond acceptors (Lipinski definition) is 5. The molecular weight excluding hydrogens is 485 g/mol. The zero-order valence-electron chi connectivity index (χ0n) is 21.8. The van der Waals surface area contributed by atoms with Crippen molar-refractivity contribution in [3.05, 3.63) is 89.7 Å². The maximum absolute atomic E-state index is 13.9. The van der Waals surface area contributed by atoms with Crippen LogP contribution in [0.15, 0.2) is 72.8 Å². The van der Waals surface area contributed by atoms with Crippen molar-refractivity contribution < 1.29 is 18.7 Å². The predicted octanol–water partition coefficient (Wildman–Crippen LogP) is 4.51. The number of aromatic nitrogens is 3. The number of hydrogen-bond donors (Lipinski definition) is 1. The van der Waals surface area contributed by atoms with Gasteiger partial charge in [0.2, 0.25) is 11.8 Å². The molecule has 0 unspecified atom stereocenters. The van der Waals surface area contributed by atoms with E-state index in [1.165, 1.54) is 21.7 Å². The number of benzene rings is 3. The highest BCUT2D eigenvalue weighted by Crippen LogP contribution is 2.26. The van der Waals surface area contributed by atoms with Gasteiger partial charge in [-0.25, -0.2) is 9.07 Å². The molecule has 0 radical (unpaired) electrons. The zero-order valence-corrected chi connectivity index (χ0v) is 21.8. The lowest BCUT2D eigenvalue weighted by atomic mass is 10.0. The van der Waals surface area contributed by atoms with E-state index in [4.69, 9.17) is 4.74 Å². The topological polar surface area (TPSA) is 89.3 Å². The van der Waals surface area contributed by atoms with E-state index in [2.05, 4.69) is 29.5 Å². The summed E-state index contributed by atoms with van der Waals surface area (Å²) in [5, 5.41) is 11.3. The monoisotopic (exact) mass is 517 g/mol. The van der Waals surface area contributed by atoms with Gasteiger partial charge in [0, 0.05) is 13.1 Å². The van der Waals surface area contributed by atoms with Crippen LogP contribution in [0.4, 0.5) is 4.39 Å². The summed E-state index contributed by atoms with van der Waals surface area (Å²) in [6, 6.07) is 19.4. The van der Waals surface area contributed by atoms with E-state index >= 15 is 0 Å². The van der Waals surface area contributed by atoms with Crippen molar-refractivity contribution in [3.8, 4) is 5.75 Å². The number of para-hydroxylation sites is 1. The molecule has 9 heteroatoms. The number of ether oxygens (including phenoxy) is 1. The van der Waals surface area contributed by atoms with Crippen molar-refractivity contribution in [2.24, 2.45) is 5.92 Å². The first-order chi connectivity index (χ1) is 18.4. The maximum Gasteiger partial charge on any atom is 0.247 e. The number of nitrogens with zero attached hydrogens (tertiary/aromatic N) is 4. The average molecular weight is 518 g/mol. The minimum Gasteiger partial charge on any atom is -0.497 e. The Morgan fingerprint density at radius 1 is 1.03 bits per heavy atom. The summed E-state index contributed by atoms with van der Waals surface area (Å²) in [5.41, 5.74) is 2.71. The normalized spacial score (nSPS) is 11.9. The molecule has 1 aromatic heterocycles. The van der Waals surface area contributed by atoms with Gasteiger partial charge in [-0.1, -0.05) is 55.5 Å². The highest BCUT2D eigenvalue weighted by Gasteiger charge is 2.32. The largest absolute Gasteiger partial charge is 0.497 e. The second-order valence-corrected chi connectivity index (χ2v) is 9.53. The second-order valence-electron chi connectivity index (χ2n) is 9.53. The Hall–Kier alpha value is -4.27. The maximum atomic E-state index is 13.9. The van der Waals surface area contributed by atoms with Crippen LogP contribution in [0.25, 0.3) is 11.0 Å². The Balaban J connectivity index is 1.71. The van der Waals surface area contributed by atoms with Gasteiger partial charge in [0.15, 0.2) is 0 Å². The van der Waals surface area contributed by atoms with Crippen LogP contribution in [0.1, 0.15) is 37.4 Å². The standard InChI is InChI=1S/C29H32FN5O3/c1-20(2)16-17-31-29(37)28(22-10-12-23(30)13-11-22)34(18-21-8-14-24(38-3)15-9-21)27(36)19-35-26-7-5-4-6-25(26)32-33-35/h4-15,20,28H,16-19H2,1-3H3,(H,31,37)/t28-/m0/s1. The van der Waals surface area contributed by atoms with Crippen LogP contribution in [0.3, 0.4) is 0 Å². The molecule has 0 spiro atoms. The van der Waals surface area contributed by atoms with Gasteiger partial charge in [0.1, 0.15) is 29.7 Å². The number of rotatable bonds is 11. The van der Waals surface area contributed by atoms with E-state index in [0.29, 0.717) is 34.8 Å². The van der Waals surface area contributed by atoms with E-state index in [-0.39, 0.29) is 24.9 Å². The van der Waals surface area contributed by atoms with Crippen LogP contribution in [-0.4, -0.2) is 45.4 Å². The van der Waals surface area contributed by atoms with Gasteiger partial charge in [-0.3, -0.25) is 9.59 Å². The van der Waals surface area contributed by atoms with E-state index in [0.717, 1.165) is 12.0 Å². The molecule has 0 bridgehead atoms. The zero-order chi connectivity index (χ0) is 27.1. The lowest BCUT2D eigenvalue weighted by Gasteiger charge is -2.32. The minimum atomic E-state index is -0.979. The molecule has 4 rings (SSSR count). The molecule has 0 saturated carbocycles. The second kappa shape index (κ2) is 12.3. The smallest absolute Gasteiger partial charge is 0.247 e. The molecule has 0 aliphatic heterocycles. The third-order valence-electron chi connectivity index (χ3n) is 6.30. The fraction of sp³-hybridized carbons (Fsp3) is 0.310. The van der Waals surface area contributed by atoms with Gasteiger partial charge in [0.05, 0.1) is 12.6 Å². The molecule has 1 heterocycles. The van der Waals surface area contributed by atoms with Crippen molar-refractivity contribution in [3.63, 3.8) is 0 Å². The Labute approximate surface area is 221 Å². The number of methoxy groups -OCH3 is 1. The first-order valence-corrected chi connectivity index (χ1v) is 12.6. The van der Waals surface area contributed by atoms with Gasteiger partial charge in [0.25, 0.3) is 0 Å². The number of nitrogens with one attached hydrogen (secondary N) is 1. The molecule has 1 atom stereocenters. The molecule has 4 aromatic rings. The molecular formula is C29H32FN5O3. The average Bonchev–Trinajstić information content (AvgIpc) is 3.32. The van der Waals surface area contributed by atoms with Crippen molar-refractivity contribution in [2.45, 2.75) is 39.4 Å². The van der Waals surface area contributed by atoms with Crippen LogP contribution in [-0.2, 0) is 22.7 Å². The Morgan fingerprint density at radius 2 is 1.74 bits per heavy atom. The van der Waals surface area contributed by atoms with Gasteiger partial charge < -0.3 is 15.0 Å². The SMILES string of the molecule is COc1ccc(CN(C(=O)Cn2nnc3ccccc32)[C@H](C(=O)NCCC(C)C)c2ccc(F)cc2)cc1. The van der Waals surface area contributed by atoms with Crippen LogP contribution in [0.2, 0.25) is 0 Å². The fourth-order valence-electron chi connectivity index (χ4n) is 4.20. The summed E-state index contributed by atoms with van der Waals surface area (Å²) in [4.78, 5) is 29.0. The molecule has 38 heavy (non-hydrogen) atoms. The molecule has 0 fully saturated rings. The van der Waals surface area contributed by atoms with Crippen molar-refractivity contribution in [1.82, 2.24) is 25.2 Å². The van der Waals surface area contributed by atoms with Crippen molar-refractivity contribution >= 4 is 22.8 Å². The lowest BCUT2D eigenvalue weighted by Crippen LogP contribution is -2.45. The quantitative estimate of drug-likeness (QED) is 0.316. The molecule has 198 valence electrons. The van der Waals surface area contributed by atoms with Crippen LogP contribution >= 0.6 is 0 Å². The molecule has 0 saturated heterocycles. The Bertz CT molecular complexity index is 1370. The van der Waals surface area contributed by atoms with Gasteiger partial charge in [-0.2, -0.15) is 0 Å². The molecule has 3 aromatic carbocycles. The van der Waals surface area contributed by atoms with E-state index in [1.807, 2.05) is 36.4 Å². The number of carbonyl (C=O) groups is 2. The number of halogens is 1. The summed E-state index contributed by atoms with van der Waals surface area (Å²) < 4.78 is 20.6. The molecule has 1 N–H and O–H groups in total. The third kappa shape index (κ3) is 6.53. The van der Waals surface area contributed by atoms with Crippen molar-refractivity contribution in [1.29, 1.82) is 0 Å². The van der Waals surface area contributed by atoms with Crippen molar-refractivity contribution in [2.75, 3.05) is 13.7 Å². The van der Waals surface area contributed by atoms with E-state index in [9.17, 15) is 14.0 Å². The third-order valence-corrected chi connectivity index (χ3v) is 6.30. The van der Waals surface area contributed by atoms with Crippen LogP contribution in [0.5, 0.6) is 5.75 Å². The number of fused-ring (bicyclic) bond motifs is 1.